The predicted molar refractivity (Wildman–Crippen MR) is 125 cm³/mol. The fourth-order valence-electron chi connectivity index (χ4n) is 4.19. The molecule has 6 rings (SSSR count). The molecule has 2 aromatic heterocycles. The lowest BCUT2D eigenvalue weighted by molar-refractivity contribution is -0.123. The SMILES string of the molecule is O=C(NCCCn1ccnc1)[C@@H]1Cc2c([nH]c3ccccc23)CN1.c1ccc2c(c1)OCO2. The van der Waals surface area contributed by atoms with Gasteiger partial charge in [-0.15, -0.1) is 0 Å². The summed E-state index contributed by atoms with van der Waals surface area (Å²) in [4.78, 5) is 19.9. The summed E-state index contributed by atoms with van der Waals surface area (Å²) in [5, 5.41) is 7.60. The number of para-hydroxylation sites is 3. The van der Waals surface area contributed by atoms with E-state index < -0.39 is 0 Å². The van der Waals surface area contributed by atoms with E-state index in [4.69, 9.17) is 9.47 Å². The Labute approximate surface area is 191 Å². The number of H-pyrrole nitrogens is 1. The number of aromatic amines is 1. The van der Waals surface area contributed by atoms with Gasteiger partial charge in [0.1, 0.15) is 0 Å². The van der Waals surface area contributed by atoms with Crippen LogP contribution in [0.3, 0.4) is 0 Å². The Kier molecular flexibility index (Phi) is 6.25. The van der Waals surface area contributed by atoms with Crippen LogP contribution in [0.4, 0.5) is 0 Å². The van der Waals surface area contributed by atoms with Gasteiger partial charge >= 0.3 is 0 Å². The molecule has 0 spiro atoms. The third-order valence-electron chi connectivity index (χ3n) is 5.88. The number of benzene rings is 2. The van der Waals surface area contributed by atoms with Gasteiger partial charge in [0.15, 0.2) is 11.5 Å². The predicted octanol–water partition coefficient (Wildman–Crippen LogP) is 3.00. The molecule has 170 valence electrons. The Morgan fingerprint density at radius 1 is 1.12 bits per heavy atom. The summed E-state index contributed by atoms with van der Waals surface area (Å²) in [5.74, 6) is 1.77. The smallest absolute Gasteiger partial charge is 0.237 e. The number of fused-ring (bicyclic) bond motifs is 4. The summed E-state index contributed by atoms with van der Waals surface area (Å²) in [5.41, 5.74) is 3.61. The zero-order valence-electron chi connectivity index (χ0n) is 18.3. The number of carbonyl (C=O) groups is 1. The van der Waals surface area contributed by atoms with Gasteiger partial charge in [0.25, 0.3) is 0 Å². The van der Waals surface area contributed by atoms with E-state index in [0.717, 1.165) is 36.4 Å². The Hall–Kier alpha value is -3.78. The Morgan fingerprint density at radius 3 is 2.70 bits per heavy atom. The van der Waals surface area contributed by atoms with Gasteiger partial charge in [0.05, 0.1) is 12.4 Å². The average molecular weight is 446 g/mol. The van der Waals surface area contributed by atoms with Crippen LogP contribution in [0.5, 0.6) is 11.5 Å². The average Bonchev–Trinajstić information content (AvgIpc) is 3.61. The third-order valence-corrected chi connectivity index (χ3v) is 5.88. The number of nitrogens with one attached hydrogen (secondary N) is 3. The van der Waals surface area contributed by atoms with E-state index in [9.17, 15) is 4.79 Å². The second kappa shape index (κ2) is 9.79. The highest BCUT2D eigenvalue weighted by atomic mass is 16.7. The number of carbonyl (C=O) groups excluding carboxylic acids is 1. The molecule has 2 aromatic carbocycles. The molecule has 3 N–H and O–H groups in total. The largest absolute Gasteiger partial charge is 0.454 e. The first-order valence-electron chi connectivity index (χ1n) is 11.2. The molecule has 2 aliphatic heterocycles. The number of hydrogen-bond acceptors (Lipinski definition) is 5. The Bertz CT molecular complexity index is 1200. The lowest BCUT2D eigenvalue weighted by Crippen LogP contribution is -2.47. The van der Waals surface area contributed by atoms with Crippen molar-refractivity contribution in [2.75, 3.05) is 13.3 Å². The highest BCUT2D eigenvalue weighted by Gasteiger charge is 2.26. The number of aromatic nitrogens is 3. The van der Waals surface area contributed by atoms with Crippen molar-refractivity contribution >= 4 is 16.8 Å². The lowest BCUT2D eigenvalue weighted by atomic mass is 9.98. The zero-order valence-corrected chi connectivity index (χ0v) is 18.3. The van der Waals surface area contributed by atoms with Crippen LogP contribution in [0.15, 0.2) is 67.3 Å². The van der Waals surface area contributed by atoms with Crippen LogP contribution in [0, 0.1) is 0 Å². The number of amides is 1. The van der Waals surface area contributed by atoms with Crippen LogP contribution in [-0.4, -0.2) is 39.8 Å². The number of aryl methyl sites for hydroxylation is 1. The maximum atomic E-state index is 12.4. The molecule has 0 fully saturated rings. The summed E-state index contributed by atoms with van der Waals surface area (Å²) in [6.07, 6.45) is 7.12. The minimum absolute atomic E-state index is 0.0802. The number of imidazole rings is 1. The summed E-state index contributed by atoms with van der Waals surface area (Å²) < 4.78 is 12.2. The minimum Gasteiger partial charge on any atom is -0.454 e. The summed E-state index contributed by atoms with van der Waals surface area (Å²) >= 11 is 0. The second-order valence-corrected chi connectivity index (χ2v) is 8.06. The number of ether oxygens (including phenoxy) is 2. The molecule has 4 heterocycles. The van der Waals surface area contributed by atoms with Crippen LogP contribution in [0.25, 0.3) is 10.9 Å². The monoisotopic (exact) mass is 445 g/mol. The van der Waals surface area contributed by atoms with E-state index in [0.29, 0.717) is 19.9 Å². The van der Waals surface area contributed by atoms with Gasteiger partial charge < -0.3 is 24.3 Å². The van der Waals surface area contributed by atoms with Gasteiger partial charge in [0.2, 0.25) is 12.7 Å². The van der Waals surface area contributed by atoms with Crippen LogP contribution >= 0.6 is 0 Å². The molecule has 0 saturated carbocycles. The Morgan fingerprint density at radius 2 is 1.91 bits per heavy atom. The molecule has 4 aromatic rings. The van der Waals surface area contributed by atoms with Crippen LogP contribution in [0.2, 0.25) is 0 Å². The van der Waals surface area contributed by atoms with Crippen molar-refractivity contribution in [2.45, 2.75) is 32.0 Å². The van der Waals surface area contributed by atoms with E-state index >= 15 is 0 Å². The van der Waals surface area contributed by atoms with Gasteiger partial charge in [-0.3, -0.25) is 10.1 Å². The van der Waals surface area contributed by atoms with Crippen LogP contribution in [-0.2, 0) is 24.3 Å². The van der Waals surface area contributed by atoms with Crippen molar-refractivity contribution in [1.29, 1.82) is 0 Å². The van der Waals surface area contributed by atoms with Gasteiger partial charge in [-0.25, -0.2) is 4.98 Å². The maximum absolute atomic E-state index is 12.4. The standard InChI is InChI=1S/C18H21N5O.C7H6O2/c24-18(20-6-3-8-23-9-7-19-12-23)16-10-14-13-4-1-2-5-15(13)22-17(14)11-21-16;1-2-4-7-6(3-1)8-5-9-7/h1-2,4-5,7,9,12,16,21-22H,3,6,8,10-11H2,(H,20,24);1-4H,5H2/t16-;/m0./s1. The third kappa shape index (κ3) is 4.85. The number of hydrogen-bond donors (Lipinski definition) is 3. The number of rotatable bonds is 5. The van der Waals surface area contributed by atoms with Crippen LogP contribution < -0.4 is 20.1 Å². The van der Waals surface area contributed by atoms with Gasteiger partial charge in [-0.2, -0.15) is 0 Å². The molecule has 33 heavy (non-hydrogen) atoms. The molecule has 1 amide bonds. The normalized spacial score (nSPS) is 16.1. The number of nitrogens with zero attached hydrogens (tertiary/aromatic N) is 2. The topological polar surface area (TPSA) is 93.2 Å². The molecule has 0 radical (unpaired) electrons. The van der Waals surface area contributed by atoms with E-state index in [-0.39, 0.29) is 11.9 Å². The molecule has 0 bridgehead atoms. The highest BCUT2D eigenvalue weighted by molar-refractivity contribution is 5.88. The molecular formula is C25H27N5O3. The summed E-state index contributed by atoms with van der Waals surface area (Å²) in [6, 6.07) is 15.7. The van der Waals surface area contributed by atoms with Crippen molar-refractivity contribution in [3.8, 4) is 11.5 Å². The van der Waals surface area contributed by atoms with Gasteiger partial charge in [0, 0.05) is 48.6 Å². The van der Waals surface area contributed by atoms with E-state index in [1.807, 2.05) is 47.2 Å². The van der Waals surface area contributed by atoms with E-state index in [1.165, 1.54) is 16.6 Å². The summed E-state index contributed by atoms with van der Waals surface area (Å²) in [6.45, 7) is 2.61. The molecule has 0 saturated heterocycles. The van der Waals surface area contributed by atoms with Gasteiger partial charge in [-0.05, 0) is 36.6 Å². The quantitative estimate of drug-likeness (QED) is 0.411. The maximum Gasteiger partial charge on any atom is 0.237 e. The first-order valence-corrected chi connectivity index (χ1v) is 11.2. The molecule has 0 aliphatic carbocycles. The molecular weight excluding hydrogens is 418 g/mol. The first-order chi connectivity index (χ1) is 16.3. The molecule has 1 atom stereocenters. The summed E-state index contributed by atoms with van der Waals surface area (Å²) in [7, 11) is 0. The van der Waals surface area contributed by atoms with Crippen molar-refractivity contribution in [3.05, 3.63) is 78.5 Å². The Balaban J connectivity index is 0.000000211. The molecule has 8 heteroatoms. The van der Waals surface area contributed by atoms with Gasteiger partial charge in [-0.1, -0.05) is 30.3 Å². The van der Waals surface area contributed by atoms with Crippen molar-refractivity contribution < 1.29 is 14.3 Å². The first kappa shape index (κ1) is 21.1. The zero-order chi connectivity index (χ0) is 22.5. The minimum atomic E-state index is -0.162. The van der Waals surface area contributed by atoms with Crippen molar-refractivity contribution in [3.63, 3.8) is 0 Å². The van der Waals surface area contributed by atoms with Crippen molar-refractivity contribution in [1.82, 2.24) is 25.2 Å². The van der Waals surface area contributed by atoms with E-state index in [1.54, 1.807) is 12.5 Å². The van der Waals surface area contributed by atoms with E-state index in [2.05, 4.69) is 32.7 Å². The molecule has 0 unspecified atom stereocenters. The highest BCUT2D eigenvalue weighted by Crippen LogP contribution is 2.30. The lowest BCUT2D eigenvalue weighted by Gasteiger charge is -2.23. The van der Waals surface area contributed by atoms with Crippen LogP contribution in [0.1, 0.15) is 17.7 Å². The fourth-order valence-corrected chi connectivity index (χ4v) is 4.19. The second-order valence-electron chi connectivity index (χ2n) is 8.06. The molecule has 2 aliphatic rings. The fraction of sp³-hybridized carbons (Fsp3) is 0.280. The van der Waals surface area contributed by atoms with Crippen molar-refractivity contribution in [2.24, 2.45) is 0 Å². The molecule has 8 nitrogen and oxygen atoms in total.